The highest BCUT2D eigenvalue weighted by Gasteiger charge is 2.35. The summed E-state index contributed by atoms with van der Waals surface area (Å²) in [4.78, 5) is 39.8. The quantitative estimate of drug-likeness (QED) is 0.279. The number of H-pyrrole nitrogens is 2. The zero-order valence-electron chi connectivity index (χ0n) is 20.0. The Labute approximate surface area is 197 Å². The van der Waals surface area contributed by atoms with Crippen molar-refractivity contribution in [1.29, 1.82) is 0 Å². The first-order valence-corrected chi connectivity index (χ1v) is 12.2. The summed E-state index contributed by atoms with van der Waals surface area (Å²) in [5, 5.41) is 1.56. The molecular weight excluding hydrogens is 452 g/mol. The lowest BCUT2D eigenvalue weighted by molar-refractivity contribution is -0.887. The maximum atomic E-state index is 12.3. The second-order valence-electron chi connectivity index (χ2n) is 9.26. The summed E-state index contributed by atoms with van der Waals surface area (Å²) < 4.78 is 10.9. The van der Waals surface area contributed by atoms with E-state index in [0.717, 1.165) is 21.4 Å². The molecule has 2 unspecified atom stereocenters. The number of rotatable bonds is 11. The molecule has 0 amide bonds. The van der Waals surface area contributed by atoms with Gasteiger partial charge in [-0.15, -0.1) is 0 Å². The van der Waals surface area contributed by atoms with Gasteiger partial charge in [0.25, 0.3) is 0 Å². The summed E-state index contributed by atoms with van der Waals surface area (Å²) in [6.45, 7) is 0. The van der Waals surface area contributed by atoms with Crippen LogP contribution in [0.1, 0.15) is 11.4 Å². The fourth-order valence-corrected chi connectivity index (χ4v) is 5.31. The van der Waals surface area contributed by atoms with E-state index in [1.165, 1.54) is 35.8 Å². The van der Waals surface area contributed by atoms with Gasteiger partial charge in [-0.25, -0.2) is 19.6 Å². The van der Waals surface area contributed by atoms with Crippen LogP contribution in [0.25, 0.3) is 0 Å². The van der Waals surface area contributed by atoms with E-state index in [9.17, 15) is 9.59 Å². The van der Waals surface area contributed by atoms with E-state index in [-0.39, 0.29) is 24.0 Å². The molecule has 12 heteroatoms. The summed E-state index contributed by atoms with van der Waals surface area (Å²) in [5.74, 6) is -0.529. The van der Waals surface area contributed by atoms with E-state index in [2.05, 4.69) is 19.9 Å². The van der Waals surface area contributed by atoms with Crippen LogP contribution in [0.5, 0.6) is 0 Å². The molecule has 0 bridgehead atoms. The van der Waals surface area contributed by atoms with Crippen LogP contribution in [0.4, 0.5) is 0 Å². The third kappa shape index (κ3) is 6.74. The number of hydrogen-bond acceptors (Lipinski definition) is 8. The van der Waals surface area contributed by atoms with Gasteiger partial charge in [-0.1, -0.05) is 0 Å². The maximum absolute atomic E-state index is 12.3. The lowest BCUT2D eigenvalue weighted by atomic mass is 10.1. The summed E-state index contributed by atoms with van der Waals surface area (Å²) in [6.07, 6.45) is 4.19. The third-order valence-corrected chi connectivity index (χ3v) is 7.47. The maximum Gasteiger partial charge on any atom is 0.365 e. The number of carbonyl (C=O) groups excluding carboxylic acids is 2. The molecule has 2 heterocycles. The van der Waals surface area contributed by atoms with E-state index in [4.69, 9.17) is 9.47 Å². The number of quaternary nitrogens is 2. The topological polar surface area (TPSA) is 110 Å². The Morgan fingerprint density at radius 2 is 1.16 bits per heavy atom. The van der Waals surface area contributed by atoms with E-state index in [1.807, 2.05) is 42.3 Å². The van der Waals surface area contributed by atoms with Crippen molar-refractivity contribution in [3.63, 3.8) is 0 Å². The fourth-order valence-electron chi connectivity index (χ4n) is 3.14. The standard InChI is InChI=1S/C20H34N6O4S2/c1-25(2,3)15(19(27)29-7)9-13-17(23-11-21-13)31-32-18-14(22-12-24-18)10-16(20(28)30-8)26(4,5)6/h11-12,15-16H,9-10H2,1-8H3,(H,21,23)(H,22,24)/q+2. The summed E-state index contributed by atoms with van der Waals surface area (Å²) in [7, 11) is 17.5. The SMILES string of the molecule is COC(=O)C(Cc1[nH]cnc1SSc1nc[nH]c1CC(C(=O)OC)[N+](C)(C)C)[N+](C)(C)C. The number of nitrogens with one attached hydrogen (secondary N) is 2. The zero-order valence-corrected chi connectivity index (χ0v) is 21.6. The van der Waals surface area contributed by atoms with Gasteiger partial charge in [0.05, 0.1) is 93.4 Å². The van der Waals surface area contributed by atoms with E-state index < -0.39 is 0 Å². The van der Waals surface area contributed by atoms with Crippen LogP contribution in [-0.4, -0.2) is 109 Å². The van der Waals surface area contributed by atoms with Gasteiger partial charge in [0.15, 0.2) is 12.1 Å². The van der Waals surface area contributed by atoms with Crippen LogP contribution < -0.4 is 0 Å². The molecule has 0 radical (unpaired) electrons. The molecule has 0 saturated heterocycles. The number of esters is 2. The molecule has 2 aromatic heterocycles. The highest BCUT2D eigenvalue weighted by molar-refractivity contribution is 8.76. The molecule has 0 aliphatic rings. The van der Waals surface area contributed by atoms with Crippen molar-refractivity contribution in [2.45, 2.75) is 35.0 Å². The predicted molar refractivity (Wildman–Crippen MR) is 124 cm³/mol. The van der Waals surface area contributed by atoms with Crippen molar-refractivity contribution < 1.29 is 28.0 Å². The lowest BCUT2D eigenvalue weighted by Gasteiger charge is -2.32. The van der Waals surface area contributed by atoms with Crippen LogP contribution in [0.15, 0.2) is 22.7 Å². The molecule has 0 fully saturated rings. The van der Waals surface area contributed by atoms with Gasteiger partial charge in [-0.2, -0.15) is 0 Å². The van der Waals surface area contributed by atoms with Gasteiger partial charge in [-0.3, -0.25) is 0 Å². The Balaban J connectivity index is 2.14. The second-order valence-corrected chi connectivity index (χ2v) is 11.4. The minimum Gasteiger partial charge on any atom is -0.465 e. The van der Waals surface area contributed by atoms with Crippen LogP contribution in [0, 0.1) is 0 Å². The van der Waals surface area contributed by atoms with Gasteiger partial charge >= 0.3 is 11.9 Å². The normalized spacial score (nSPS) is 14.1. The van der Waals surface area contributed by atoms with Crippen molar-refractivity contribution in [3.8, 4) is 0 Å². The number of carbonyl (C=O) groups is 2. The van der Waals surface area contributed by atoms with Gasteiger partial charge in [0, 0.05) is 0 Å². The number of imidazole rings is 2. The van der Waals surface area contributed by atoms with Crippen LogP contribution in [-0.2, 0) is 31.9 Å². The molecule has 0 saturated carbocycles. The fraction of sp³-hybridized carbons (Fsp3) is 0.600. The Kier molecular flexibility index (Phi) is 8.80. The molecule has 0 aliphatic carbocycles. The van der Waals surface area contributed by atoms with Crippen molar-refractivity contribution in [1.82, 2.24) is 19.9 Å². The molecule has 0 aromatic carbocycles. The van der Waals surface area contributed by atoms with Gasteiger partial charge < -0.3 is 28.4 Å². The van der Waals surface area contributed by atoms with Crippen LogP contribution in [0.2, 0.25) is 0 Å². The predicted octanol–water partition coefficient (Wildman–Crippen LogP) is 1.51. The molecule has 2 atom stereocenters. The smallest absolute Gasteiger partial charge is 0.365 e. The van der Waals surface area contributed by atoms with Crippen LogP contribution in [0.3, 0.4) is 0 Å². The Morgan fingerprint density at radius 1 is 0.812 bits per heavy atom. The van der Waals surface area contributed by atoms with Crippen LogP contribution >= 0.6 is 21.6 Å². The van der Waals surface area contributed by atoms with Gasteiger partial charge in [0.2, 0.25) is 0 Å². The first-order valence-electron chi connectivity index (χ1n) is 10.0. The monoisotopic (exact) mass is 486 g/mol. The molecule has 0 spiro atoms. The van der Waals surface area contributed by atoms with Crippen molar-refractivity contribution in [2.75, 3.05) is 56.5 Å². The van der Waals surface area contributed by atoms with E-state index >= 15 is 0 Å². The minimum atomic E-state index is -0.365. The number of ether oxygens (including phenoxy) is 2. The number of hydrogen-bond donors (Lipinski definition) is 2. The summed E-state index contributed by atoms with van der Waals surface area (Å²) in [6, 6.07) is -0.729. The average molecular weight is 487 g/mol. The Hall–Kier alpha value is -2.02. The van der Waals surface area contributed by atoms with Gasteiger partial charge in [-0.05, 0) is 21.6 Å². The molecule has 32 heavy (non-hydrogen) atoms. The molecule has 2 N–H and O–H groups in total. The van der Waals surface area contributed by atoms with Crippen molar-refractivity contribution in [2.24, 2.45) is 0 Å². The van der Waals surface area contributed by atoms with Crippen molar-refractivity contribution in [3.05, 3.63) is 24.0 Å². The van der Waals surface area contributed by atoms with Gasteiger partial charge in [0.1, 0.15) is 10.1 Å². The average Bonchev–Trinajstić information content (AvgIpc) is 3.34. The zero-order chi connectivity index (χ0) is 24.1. The Morgan fingerprint density at radius 3 is 1.44 bits per heavy atom. The molecule has 2 rings (SSSR count). The first kappa shape index (κ1) is 26.2. The molecular formula is C20H34N6O4S2+2. The number of aromatic amines is 2. The second kappa shape index (κ2) is 10.7. The largest absolute Gasteiger partial charge is 0.465 e. The molecule has 2 aromatic rings. The lowest BCUT2D eigenvalue weighted by Crippen LogP contribution is -2.51. The minimum absolute atomic E-state index is 0.264. The Bertz CT molecular complexity index is 842. The molecule has 0 aliphatic heterocycles. The number of nitrogens with zero attached hydrogens (tertiary/aromatic N) is 4. The highest BCUT2D eigenvalue weighted by atomic mass is 33.1. The van der Waals surface area contributed by atoms with E-state index in [1.54, 1.807) is 12.7 Å². The summed E-state index contributed by atoms with van der Waals surface area (Å²) >= 11 is 0. The summed E-state index contributed by atoms with van der Waals surface area (Å²) in [5.41, 5.74) is 1.73. The molecule has 10 nitrogen and oxygen atoms in total. The number of aromatic nitrogens is 4. The van der Waals surface area contributed by atoms with Crippen molar-refractivity contribution >= 4 is 33.5 Å². The number of methoxy groups -OCH3 is 2. The third-order valence-electron chi connectivity index (χ3n) is 5.17. The highest BCUT2D eigenvalue weighted by Crippen LogP contribution is 2.39. The number of likely N-dealkylation sites (N-methyl/N-ethyl adjacent to an activating group) is 2. The van der Waals surface area contributed by atoms with E-state index in [0.29, 0.717) is 21.8 Å². The first-order chi connectivity index (χ1) is 14.9. The molecule has 178 valence electrons.